The van der Waals surface area contributed by atoms with E-state index < -0.39 is 16.0 Å². The molecule has 0 amide bonds. The zero-order chi connectivity index (χ0) is 13.9. The molecule has 98 valence electrons. The largest absolute Gasteiger partial charge is 0.477 e. The molecule has 7 heteroatoms. The van der Waals surface area contributed by atoms with E-state index in [2.05, 4.69) is 9.71 Å². The van der Waals surface area contributed by atoms with Crippen LogP contribution in [-0.2, 0) is 10.0 Å². The summed E-state index contributed by atoms with van der Waals surface area (Å²) in [7, 11) is -3.76. The Balaban J connectivity index is 2.31. The van der Waals surface area contributed by atoms with Crippen molar-refractivity contribution < 1.29 is 18.3 Å². The molecule has 2 rings (SSSR count). The van der Waals surface area contributed by atoms with Crippen molar-refractivity contribution in [1.82, 2.24) is 4.98 Å². The molecule has 0 aliphatic rings. The zero-order valence-electron chi connectivity index (χ0n) is 9.65. The first-order valence-electron chi connectivity index (χ1n) is 5.27. The highest BCUT2D eigenvalue weighted by atomic mass is 32.2. The number of aromatic nitrogens is 1. The molecular weight excluding hydrogens is 268 g/mol. The van der Waals surface area contributed by atoms with E-state index >= 15 is 0 Å². The van der Waals surface area contributed by atoms with Crippen molar-refractivity contribution in [2.24, 2.45) is 0 Å². The molecule has 6 nitrogen and oxygen atoms in total. The number of anilines is 1. The summed E-state index contributed by atoms with van der Waals surface area (Å²) in [6.45, 7) is 0. The number of rotatable bonds is 4. The molecule has 1 heterocycles. The molecule has 0 aliphatic carbocycles. The average molecular weight is 278 g/mol. The molecule has 1 aromatic carbocycles. The highest BCUT2D eigenvalue weighted by Crippen LogP contribution is 2.14. The Morgan fingerprint density at radius 3 is 2.37 bits per heavy atom. The minimum absolute atomic E-state index is 0.0382. The summed E-state index contributed by atoms with van der Waals surface area (Å²) < 4.78 is 26.2. The van der Waals surface area contributed by atoms with Gasteiger partial charge in [-0.15, -0.1) is 0 Å². The fourth-order valence-electron chi connectivity index (χ4n) is 1.41. The first kappa shape index (κ1) is 13.0. The highest BCUT2D eigenvalue weighted by molar-refractivity contribution is 7.92. The van der Waals surface area contributed by atoms with E-state index in [9.17, 15) is 13.2 Å². The Labute approximate surface area is 109 Å². The standard InChI is InChI=1S/C12H10N2O4S/c15-12(16)10-7-4-8-11(13-10)14-19(17,18)9-5-2-1-3-6-9/h1-8H,(H,13,14)(H,15,16). The Bertz CT molecular complexity index is 699. The highest BCUT2D eigenvalue weighted by Gasteiger charge is 2.15. The summed E-state index contributed by atoms with van der Waals surface area (Å²) in [4.78, 5) is 14.5. The molecule has 0 fully saturated rings. The second kappa shape index (κ2) is 5.07. The van der Waals surface area contributed by atoms with Gasteiger partial charge in [-0.2, -0.15) is 0 Å². The molecule has 2 aromatic rings. The number of pyridine rings is 1. The van der Waals surface area contributed by atoms with E-state index in [1.165, 1.54) is 30.3 Å². The van der Waals surface area contributed by atoms with Crippen LogP contribution in [0, 0.1) is 0 Å². The van der Waals surface area contributed by atoms with E-state index in [0.717, 1.165) is 0 Å². The first-order valence-corrected chi connectivity index (χ1v) is 6.75. The first-order chi connectivity index (χ1) is 8.99. The van der Waals surface area contributed by atoms with Crippen LogP contribution in [0.5, 0.6) is 0 Å². The van der Waals surface area contributed by atoms with E-state index in [1.54, 1.807) is 18.2 Å². The number of sulfonamides is 1. The second-order valence-electron chi connectivity index (χ2n) is 3.63. The number of carboxylic acid groups (broad SMARTS) is 1. The molecule has 1 aromatic heterocycles. The van der Waals surface area contributed by atoms with E-state index in [-0.39, 0.29) is 16.4 Å². The van der Waals surface area contributed by atoms with E-state index in [1.807, 2.05) is 0 Å². The van der Waals surface area contributed by atoms with Crippen LogP contribution >= 0.6 is 0 Å². The van der Waals surface area contributed by atoms with Crippen molar-refractivity contribution in [3.05, 3.63) is 54.2 Å². The molecule has 0 bridgehead atoms. The quantitative estimate of drug-likeness (QED) is 0.885. The summed E-state index contributed by atoms with van der Waals surface area (Å²) in [6.07, 6.45) is 0. The summed E-state index contributed by atoms with van der Waals surface area (Å²) in [5.41, 5.74) is -0.228. The number of nitrogens with zero attached hydrogens (tertiary/aromatic N) is 1. The molecule has 0 atom stereocenters. The van der Waals surface area contributed by atoms with Crippen molar-refractivity contribution in [3.8, 4) is 0 Å². The number of benzene rings is 1. The maximum Gasteiger partial charge on any atom is 0.354 e. The summed E-state index contributed by atoms with van der Waals surface area (Å²) in [6, 6.07) is 11.8. The third kappa shape index (κ3) is 3.08. The number of nitrogens with one attached hydrogen (secondary N) is 1. The van der Waals surface area contributed by atoms with Gasteiger partial charge in [-0.3, -0.25) is 4.72 Å². The predicted octanol–water partition coefficient (Wildman–Crippen LogP) is 1.58. The Morgan fingerprint density at radius 2 is 1.74 bits per heavy atom. The number of carbonyl (C=O) groups is 1. The Hall–Kier alpha value is -2.41. The minimum atomic E-state index is -3.76. The molecule has 19 heavy (non-hydrogen) atoms. The van der Waals surface area contributed by atoms with Crippen LogP contribution < -0.4 is 4.72 Å². The minimum Gasteiger partial charge on any atom is -0.477 e. The van der Waals surface area contributed by atoms with Crippen LogP contribution in [0.3, 0.4) is 0 Å². The number of carboxylic acids is 1. The molecule has 2 N–H and O–H groups in total. The lowest BCUT2D eigenvalue weighted by Gasteiger charge is -2.07. The van der Waals surface area contributed by atoms with Gasteiger partial charge in [0.05, 0.1) is 4.90 Å². The van der Waals surface area contributed by atoms with Crippen LogP contribution in [0.4, 0.5) is 5.82 Å². The van der Waals surface area contributed by atoms with Crippen molar-refractivity contribution in [3.63, 3.8) is 0 Å². The summed E-state index contributed by atoms with van der Waals surface area (Å²) in [5.74, 6) is -1.26. The van der Waals surface area contributed by atoms with Gasteiger partial charge in [-0.1, -0.05) is 24.3 Å². The van der Waals surface area contributed by atoms with Crippen molar-refractivity contribution in [2.45, 2.75) is 4.90 Å². The Morgan fingerprint density at radius 1 is 1.05 bits per heavy atom. The second-order valence-corrected chi connectivity index (χ2v) is 5.31. The third-order valence-corrected chi connectivity index (χ3v) is 3.63. The van der Waals surface area contributed by atoms with Crippen LogP contribution in [0.1, 0.15) is 10.5 Å². The zero-order valence-corrected chi connectivity index (χ0v) is 10.5. The van der Waals surface area contributed by atoms with Gasteiger partial charge in [0.1, 0.15) is 5.82 Å². The van der Waals surface area contributed by atoms with Crippen molar-refractivity contribution >= 4 is 21.8 Å². The van der Waals surface area contributed by atoms with Gasteiger partial charge >= 0.3 is 5.97 Å². The number of aromatic carboxylic acids is 1. The molecule has 0 aliphatic heterocycles. The lowest BCUT2D eigenvalue weighted by molar-refractivity contribution is 0.0690. The number of hydrogen-bond donors (Lipinski definition) is 2. The maximum absolute atomic E-state index is 12.0. The van der Waals surface area contributed by atoms with Crippen LogP contribution in [0.2, 0.25) is 0 Å². The fraction of sp³-hybridized carbons (Fsp3) is 0. The molecule has 0 radical (unpaired) electrons. The Kier molecular flexibility index (Phi) is 3.48. The lowest BCUT2D eigenvalue weighted by Crippen LogP contribution is -2.14. The van der Waals surface area contributed by atoms with E-state index in [0.29, 0.717) is 0 Å². The lowest BCUT2D eigenvalue weighted by atomic mass is 10.3. The van der Waals surface area contributed by atoms with Crippen LogP contribution in [0.25, 0.3) is 0 Å². The topological polar surface area (TPSA) is 96.4 Å². The van der Waals surface area contributed by atoms with Gasteiger partial charge in [0, 0.05) is 0 Å². The van der Waals surface area contributed by atoms with Crippen molar-refractivity contribution in [2.75, 3.05) is 4.72 Å². The van der Waals surface area contributed by atoms with Gasteiger partial charge in [-0.05, 0) is 24.3 Å². The molecule has 0 spiro atoms. The average Bonchev–Trinajstić information content (AvgIpc) is 2.39. The van der Waals surface area contributed by atoms with Crippen molar-refractivity contribution in [1.29, 1.82) is 0 Å². The summed E-state index contributed by atoms with van der Waals surface area (Å²) >= 11 is 0. The maximum atomic E-state index is 12.0. The van der Waals surface area contributed by atoms with Gasteiger partial charge in [0.2, 0.25) is 0 Å². The molecular formula is C12H10N2O4S. The normalized spacial score (nSPS) is 10.9. The smallest absolute Gasteiger partial charge is 0.354 e. The predicted molar refractivity (Wildman–Crippen MR) is 68.4 cm³/mol. The molecule has 0 saturated heterocycles. The molecule has 0 unspecified atom stereocenters. The van der Waals surface area contributed by atoms with E-state index in [4.69, 9.17) is 5.11 Å². The van der Waals surface area contributed by atoms with Gasteiger partial charge in [-0.25, -0.2) is 18.2 Å². The van der Waals surface area contributed by atoms with Crippen LogP contribution in [-0.4, -0.2) is 24.5 Å². The molecule has 0 saturated carbocycles. The van der Waals surface area contributed by atoms with Gasteiger partial charge < -0.3 is 5.11 Å². The summed E-state index contributed by atoms with van der Waals surface area (Å²) in [5, 5.41) is 8.78. The monoisotopic (exact) mass is 278 g/mol. The van der Waals surface area contributed by atoms with Gasteiger partial charge in [0.25, 0.3) is 10.0 Å². The number of hydrogen-bond acceptors (Lipinski definition) is 4. The SMILES string of the molecule is O=C(O)c1cccc(NS(=O)(=O)c2ccccc2)n1. The van der Waals surface area contributed by atoms with Gasteiger partial charge in [0.15, 0.2) is 5.69 Å². The fourth-order valence-corrected chi connectivity index (χ4v) is 2.43. The van der Waals surface area contributed by atoms with Crippen LogP contribution in [0.15, 0.2) is 53.4 Å². The third-order valence-electron chi connectivity index (χ3n) is 2.26.